The zero-order valence-corrected chi connectivity index (χ0v) is 10.4. The third-order valence-electron chi connectivity index (χ3n) is 2.45. The molecule has 3 N–H and O–H groups in total. The van der Waals surface area contributed by atoms with Crippen LogP contribution in [0.2, 0.25) is 0 Å². The highest BCUT2D eigenvalue weighted by atomic mass is 19.4. The molecule has 7 heteroatoms. The van der Waals surface area contributed by atoms with Gasteiger partial charge >= 0.3 is 6.18 Å². The molecule has 0 radical (unpaired) electrons. The van der Waals surface area contributed by atoms with Crippen molar-refractivity contribution in [2.24, 2.45) is 10.9 Å². The summed E-state index contributed by atoms with van der Waals surface area (Å²) < 4.78 is 43.8. The van der Waals surface area contributed by atoms with E-state index < -0.39 is 17.6 Å². The minimum Gasteiger partial charge on any atom is -0.494 e. The van der Waals surface area contributed by atoms with E-state index in [0.29, 0.717) is 6.61 Å². The Bertz CT molecular complexity index is 459. The maximum atomic E-state index is 12.9. The van der Waals surface area contributed by atoms with Crippen LogP contribution in [0.3, 0.4) is 0 Å². The quantitative estimate of drug-likeness (QED) is 0.285. The second-order valence-electron chi connectivity index (χ2n) is 3.89. The number of rotatable bonds is 5. The van der Waals surface area contributed by atoms with E-state index in [-0.39, 0.29) is 11.3 Å². The molecule has 0 aromatic heterocycles. The Kier molecular flexibility index (Phi) is 5.02. The standard InChI is InChI=1S/C12H15F3N2O2/c1-2-3-6-19-8-4-5-9(11(16)17-18)10(7-8)12(13,14)15/h4-5,7,18H,2-3,6H2,1H3,(H2,16,17). The average molecular weight is 276 g/mol. The van der Waals surface area contributed by atoms with Crippen molar-refractivity contribution in [2.75, 3.05) is 6.61 Å². The fraction of sp³-hybridized carbons (Fsp3) is 0.417. The molecule has 0 unspecified atom stereocenters. The SMILES string of the molecule is CCCCOc1ccc(/C(N)=N/O)c(C(F)(F)F)c1. The van der Waals surface area contributed by atoms with Crippen LogP contribution in [0.4, 0.5) is 13.2 Å². The molecule has 1 aromatic carbocycles. The summed E-state index contributed by atoms with van der Waals surface area (Å²) in [4.78, 5) is 0. The molecule has 0 saturated carbocycles. The van der Waals surface area contributed by atoms with Gasteiger partial charge in [0.25, 0.3) is 0 Å². The molecule has 0 atom stereocenters. The van der Waals surface area contributed by atoms with Crippen molar-refractivity contribution in [1.29, 1.82) is 0 Å². The van der Waals surface area contributed by atoms with Crippen molar-refractivity contribution in [3.8, 4) is 5.75 Å². The first-order valence-electron chi connectivity index (χ1n) is 5.72. The Labute approximate surface area is 108 Å². The van der Waals surface area contributed by atoms with Gasteiger partial charge in [-0.15, -0.1) is 0 Å². The summed E-state index contributed by atoms with van der Waals surface area (Å²) in [7, 11) is 0. The van der Waals surface area contributed by atoms with Gasteiger partial charge in [-0.2, -0.15) is 13.2 Å². The van der Waals surface area contributed by atoms with Crippen molar-refractivity contribution in [3.63, 3.8) is 0 Å². The molecule has 0 spiro atoms. The predicted molar refractivity (Wildman–Crippen MR) is 64.4 cm³/mol. The Hall–Kier alpha value is -1.92. The molecule has 0 saturated heterocycles. The normalized spacial score (nSPS) is 12.5. The first kappa shape index (κ1) is 15.1. The molecule has 0 aliphatic heterocycles. The number of nitrogens with zero attached hydrogens (tertiary/aromatic N) is 1. The number of nitrogens with two attached hydrogens (primary N) is 1. The molecule has 0 aliphatic carbocycles. The zero-order valence-electron chi connectivity index (χ0n) is 10.4. The highest BCUT2D eigenvalue weighted by Gasteiger charge is 2.34. The number of amidine groups is 1. The number of ether oxygens (including phenoxy) is 1. The van der Waals surface area contributed by atoms with Gasteiger partial charge in [-0.3, -0.25) is 0 Å². The number of hydrogen-bond acceptors (Lipinski definition) is 3. The van der Waals surface area contributed by atoms with Crippen molar-refractivity contribution in [3.05, 3.63) is 29.3 Å². The molecule has 1 rings (SSSR count). The van der Waals surface area contributed by atoms with Crippen LogP contribution in [0, 0.1) is 0 Å². The Morgan fingerprint density at radius 2 is 2.11 bits per heavy atom. The third kappa shape index (κ3) is 4.04. The van der Waals surface area contributed by atoms with Crippen molar-refractivity contribution < 1.29 is 23.1 Å². The van der Waals surface area contributed by atoms with Crippen molar-refractivity contribution >= 4 is 5.84 Å². The van der Waals surface area contributed by atoms with Gasteiger partial charge < -0.3 is 15.7 Å². The fourth-order valence-corrected chi connectivity index (χ4v) is 1.46. The molecule has 0 amide bonds. The van der Waals surface area contributed by atoms with E-state index in [9.17, 15) is 13.2 Å². The monoisotopic (exact) mass is 276 g/mol. The van der Waals surface area contributed by atoms with E-state index in [4.69, 9.17) is 15.7 Å². The summed E-state index contributed by atoms with van der Waals surface area (Å²) >= 11 is 0. The minimum atomic E-state index is -4.60. The molecule has 106 valence electrons. The van der Waals surface area contributed by atoms with Gasteiger partial charge in [0.15, 0.2) is 5.84 Å². The number of oxime groups is 1. The molecule has 0 heterocycles. The van der Waals surface area contributed by atoms with E-state index in [2.05, 4.69) is 5.16 Å². The van der Waals surface area contributed by atoms with Gasteiger partial charge in [-0.25, -0.2) is 0 Å². The lowest BCUT2D eigenvalue weighted by Crippen LogP contribution is -2.20. The van der Waals surface area contributed by atoms with Crippen LogP contribution in [0.25, 0.3) is 0 Å². The number of hydrogen-bond donors (Lipinski definition) is 2. The molecule has 0 bridgehead atoms. The first-order chi connectivity index (χ1) is 8.90. The van der Waals surface area contributed by atoms with E-state index in [1.807, 2.05) is 6.92 Å². The summed E-state index contributed by atoms with van der Waals surface area (Å²) in [5, 5.41) is 11.1. The maximum Gasteiger partial charge on any atom is 0.417 e. The lowest BCUT2D eigenvalue weighted by atomic mass is 10.1. The molecule has 0 fully saturated rings. The second-order valence-corrected chi connectivity index (χ2v) is 3.89. The zero-order chi connectivity index (χ0) is 14.5. The van der Waals surface area contributed by atoms with Gasteiger partial charge in [0.2, 0.25) is 0 Å². The summed E-state index contributed by atoms with van der Waals surface area (Å²) in [5.41, 5.74) is 3.86. The van der Waals surface area contributed by atoms with Gasteiger partial charge in [-0.1, -0.05) is 18.5 Å². The minimum absolute atomic E-state index is 0.107. The summed E-state index contributed by atoms with van der Waals surface area (Å²) in [6.45, 7) is 2.29. The highest BCUT2D eigenvalue weighted by Crippen LogP contribution is 2.34. The number of benzene rings is 1. The summed E-state index contributed by atoms with van der Waals surface area (Å²) in [6, 6.07) is 3.33. The predicted octanol–water partition coefficient (Wildman–Crippen LogP) is 2.98. The molecule has 4 nitrogen and oxygen atoms in total. The number of unbranched alkanes of at least 4 members (excludes halogenated alkanes) is 1. The molecule has 1 aromatic rings. The van der Waals surface area contributed by atoms with Crippen LogP contribution >= 0.6 is 0 Å². The molecule has 0 aliphatic rings. The fourth-order valence-electron chi connectivity index (χ4n) is 1.46. The molecule has 19 heavy (non-hydrogen) atoms. The van der Waals surface area contributed by atoms with Crippen LogP contribution in [0.15, 0.2) is 23.4 Å². The first-order valence-corrected chi connectivity index (χ1v) is 5.72. The van der Waals surface area contributed by atoms with Gasteiger partial charge in [0.05, 0.1) is 12.2 Å². The Morgan fingerprint density at radius 3 is 2.63 bits per heavy atom. The summed E-state index contributed by atoms with van der Waals surface area (Å²) in [5.74, 6) is -0.484. The largest absolute Gasteiger partial charge is 0.494 e. The van der Waals surface area contributed by atoms with Crippen LogP contribution in [0.1, 0.15) is 30.9 Å². The van der Waals surface area contributed by atoms with Crippen LogP contribution in [-0.4, -0.2) is 17.6 Å². The van der Waals surface area contributed by atoms with Crippen molar-refractivity contribution in [1.82, 2.24) is 0 Å². The lowest BCUT2D eigenvalue weighted by Gasteiger charge is -2.14. The maximum absolute atomic E-state index is 12.9. The Balaban J connectivity index is 3.09. The topological polar surface area (TPSA) is 67.8 Å². The van der Waals surface area contributed by atoms with E-state index in [0.717, 1.165) is 25.0 Å². The third-order valence-corrected chi connectivity index (χ3v) is 2.45. The van der Waals surface area contributed by atoms with Gasteiger partial charge in [0.1, 0.15) is 5.75 Å². The van der Waals surface area contributed by atoms with Crippen LogP contribution < -0.4 is 10.5 Å². The number of alkyl halides is 3. The second kappa shape index (κ2) is 6.31. The lowest BCUT2D eigenvalue weighted by molar-refractivity contribution is -0.137. The van der Waals surface area contributed by atoms with Crippen LogP contribution in [0.5, 0.6) is 5.75 Å². The van der Waals surface area contributed by atoms with E-state index in [1.165, 1.54) is 6.07 Å². The summed E-state index contributed by atoms with van der Waals surface area (Å²) in [6.07, 6.45) is -2.97. The van der Waals surface area contributed by atoms with Crippen molar-refractivity contribution in [2.45, 2.75) is 25.9 Å². The average Bonchev–Trinajstić information content (AvgIpc) is 2.37. The van der Waals surface area contributed by atoms with Gasteiger partial charge in [-0.05, 0) is 24.6 Å². The van der Waals surface area contributed by atoms with E-state index >= 15 is 0 Å². The number of halogens is 3. The van der Waals surface area contributed by atoms with Gasteiger partial charge in [0, 0.05) is 5.56 Å². The molecular weight excluding hydrogens is 261 g/mol. The van der Waals surface area contributed by atoms with Crippen LogP contribution in [-0.2, 0) is 6.18 Å². The Morgan fingerprint density at radius 1 is 1.42 bits per heavy atom. The van der Waals surface area contributed by atoms with E-state index in [1.54, 1.807) is 0 Å². The highest BCUT2D eigenvalue weighted by molar-refractivity contribution is 5.98. The molecular formula is C12H15F3N2O2. The smallest absolute Gasteiger partial charge is 0.417 e.